The Morgan fingerprint density at radius 3 is 1.21 bits per heavy atom. The molecule has 0 amide bonds. The van der Waals surface area contributed by atoms with Gasteiger partial charge in [-0.2, -0.15) is 0 Å². The van der Waals surface area contributed by atoms with Gasteiger partial charge in [0.1, 0.15) is 30.7 Å². The van der Waals surface area contributed by atoms with Crippen LogP contribution in [-0.4, -0.2) is 65.5 Å². The molecule has 1 heterocycles. The highest BCUT2D eigenvalue weighted by Crippen LogP contribution is 2.61. The van der Waals surface area contributed by atoms with Gasteiger partial charge in [0.15, 0.2) is 6.29 Å². The van der Waals surface area contributed by atoms with Gasteiger partial charge in [-0.25, -0.2) is 0 Å². The van der Waals surface area contributed by atoms with Gasteiger partial charge < -0.3 is 25.2 Å². The summed E-state index contributed by atoms with van der Waals surface area (Å²) < 4.78 is 6.46. The van der Waals surface area contributed by atoms with E-state index in [1.165, 1.54) is 0 Å². The predicted octanol–water partition coefficient (Wildman–Crippen LogP) is 6.66. The molecule has 234 valence electrons. The van der Waals surface area contributed by atoms with Gasteiger partial charge in [0.25, 0.3) is 0 Å². The fourth-order valence-electron chi connectivity index (χ4n) is 7.15. The Bertz CT molecular complexity index is 1290. The van der Waals surface area contributed by atoms with Crippen LogP contribution in [0.1, 0.15) is 58.2 Å². The minimum absolute atomic E-state index is 0.419. The van der Waals surface area contributed by atoms with Gasteiger partial charge in [-0.05, 0) is 26.8 Å². The van der Waals surface area contributed by atoms with Gasteiger partial charge in [0.05, 0.1) is 13.5 Å². The zero-order valence-electron chi connectivity index (χ0n) is 27.6. The molecule has 2 unspecified atom stereocenters. The third-order valence-corrected chi connectivity index (χ3v) is 24.6. The highest BCUT2D eigenvalue weighted by Gasteiger charge is 2.81. The van der Waals surface area contributed by atoms with E-state index in [4.69, 9.17) is 4.74 Å². The minimum atomic E-state index is -3.07. The number of aliphatic hydroxyl groups is 4. The van der Waals surface area contributed by atoms with Crippen molar-refractivity contribution in [1.29, 1.82) is 0 Å². The summed E-state index contributed by atoms with van der Waals surface area (Å²) in [5.41, 5.74) is 1.25. The van der Waals surface area contributed by atoms with Crippen LogP contribution in [0.25, 0.3) is 0 Å². The highest BCUT2D eigenvalue weighted by molar-refractivity contribution is 6.89. The molecule has 1 fully saturated rings. The first-order valence-corrected chi connectivity index (χ1v) is 21.4. The molecule has 0 aliphatic carbocycles. The monoisotopic (exact) mass is 620 g/mol. The lowest BCUT2D eigenvalue weighted by molar-refractivity contribution is -0.162. The van der Waals surface area contributed by atoms with Crippen molar-refractivity contribution in [1.82, 2.24) is 0 Å². The molecule has 0 bridgehead atoms. The first-order valence-electron chi connectivity index (χ1n) is 15.4. The first kappa shape index (κ1) is 33.8. The van der Waals surface area contributed by atoms with Crippen molar-refractivity contribution in [3.8, 4) is 0 Å². The maximum Gasteiger partial charge on any atom is 0.183 e. The van der Waals surface area contributed by atoms with Gasteiger partial charge in [-0.1, -0.05) is 159 Å². The van der Waals surface area contributed by atoms with Crippen LogP contribution >= 0.6 is 0 Å². The molecule has 43 heavy (non-hydrogen) atoms. The van der Waals surface area contributed by atoms with E-state index in [2.05, 4.69) is 54.6 Å². The maximum absolute atomic E-state index is 13.6. The zero-order chi connectivity index (χ0) is 32.3. The fourth-order valence-corrected chi connectivity index (χ4v) is 15.1. The molecule has 4 N–H and O–H groups in total. The van der Waals surface area contributed by atoms with Crippen molar-refractivity contribution in [3.63, 3.8) is 0 Å². The molecule has 5 atom stereocenters. The lowest BCUT2D eigenvalue weighted by Crippen LogP contribution is -2.83. The van der Waals surface area contributed by atoms with Crippen molar-refractivity contribution >= 4 is 16.1 Å². The maximum atomic E-state index is 13.6. The van der Waals surface area contributed by atoms with E-state index < -0.39 is 60.6 Å². The summed E-state index contributed by atoms with van der Waals surface area (Å²) in [5.74, 6) is 0. The van der Waals surface area contributed by atoms with Crippen molar-refractivity contribution < 1.29 is 25.2 Å². The van der Waals surface area contributed by atoms with E-state index in [0.29, 0.717) is 0 Å². The Kier molecular flexibility index (Phi) is 8.68. The molecule has 0 aromatic heterocycles. The van der Waals surface area contributed by atoms with E-state index in [1.807, 2.05) is 104 Å². The van der Waals surface area contributed by atoms with E-state index in [1.54, 1.807) is 0 Å². The van der Waals surface area contributed by atoms with Crippen molar-refractivity contribution in [2.75, 3.05) is 0 Å². The Labute approximate surface area is 260 Å². The topological polar surface area (TPSA) is 90.2 Å². The Morgan fingerprint density at radius 1 is 0.605 bits per heavy atom. The zero-order valence-corrected chi connectivity index (χ0v) is 29.6. The second-order valence-corrected chi connectivity index (χ2v) is 26.6. The molecule has 1 saturated heterocycles. The average molecular weight is 621 g/mol. The molecular formula is C36H52O5Si2. The Balaban J connectivity index is 2.15. The molecular weight excluding hydrogens is 569 g/mol. The number of hydrogen-bond donors (Lipinski definition) is 4. The summed E-state index contributed by atoms with van der Waals surface area (Å²) in [5, 5.41) is 47.0. The molecule has 0 radical (unpaired) electrons. The Hall–Kier alpha value is -2.11. The molecule has 1 aliphatic rings. The first-order chi connectivity index (χ1) is 19.7. The number of rotatable bonds is 7. The molecule has 0 spiro atoms. The van der Waals surface area contributed by atoms with Crippen LogP contribution in [0.15, 0.2) is 91.0 Å². The van der Waals surface area contributed by atoms with Crippen molar-refractivity contribution in [3.05, 3.63) is 108 Å². The van der Waals surface area contributed by atoms with E-state index in [9.17, 15) is 20.4 Å². The molecule has 0 saturated carbocycles. The third-order valence-electron chi connectivity index (χ3n) is 11.7. The summed E-state index contributed by atoms with van der Waals surface area (Å²) in [7, 11) is -6.09. The van der Waals surface area contributed by atoms with Gasteiger partial charge in [-0.3, -0.25) is 0 Å². The lowest BCUT2D eigenvalue weighted by atomic mass is 9.64. The molecule has 7 heteroatoms. The van der Waals surface area contributed by atoms with Crippen LogP contribution in [0, 0.1) is 0 Å². The molecule has 5 nitrogen and oxygen atoms in total. The summed E-state index contributed by atoms with van der Waals surface area (Å²) >= 11 is 0. The summed E-state index contributed by atoms with van der Waals surface area (Å²) in [4.78, 5) is 0. The molecule has 3 aromatic carbocycles. The van der Waals surface area contributed by atoms with Gasteiger partial charge >= 0.3 is 0 Å². The summed E-state index contributed by atoms with van der Waals surface area (Å²) in [6.07, 6.45) is -4.40. The number of ether oxygens (including phenoxy) is 1. The number of aliphatic hydroxyl groups excluding tert-OH is 2. The second kappa shape index (κ2) is 11.1. The van der Waals surface area contributed by atoms with E-state index >= 15 is 0 Å². The fraction of sp³-hybridized carbons (Fsp3) is 0.500. The normalized spacial score (nSPS) is 26.4. The molecule has 3 aromatic rings. The number of benzene rings is 3. The number of hydrogen-bond acceptors (Lipinski definition) is 5. The third kappa shape index (κ3) is 4.66. The van der Waals surface area contributed by atoms with Gasteiger partial charge in [0, 0.05) is 0 Å². The lowest BCUT2D eigenvalue weighted by Gasteiger charge is -2.61. The average Bonchev–Trinajstić information content (AvgIpc) is 3.17. The van der Waals surface area contributed by atoms with Crippen LogP contribution in [0.3, 0.4) is 0 Å². The highest BCUT2D eigenvalue weighted by atomic mass is 28.3. The molecule has 1 aliphatic heterocycles. The summed E-state index contributed by atoms with van der Waals surface area (Å²) in [6.45, 7) is 20.6. The minimum Gasteiger partial charge on any atom is -0.389 e. The van der Waals surface area contributed by atoms with Crippen LogP contribution in [0.5, 0.6) is 0 Å². The predicted molar refractivity (Wildman–Crippen MR) is 180 cm³/mol. The second-order valence-electron chi connectivity index (χ2n) is 15.5. The SMILES string of the molecule is CC(C)(C)[Si](C)(C)[C@@]1(O)[C@@H](C(O)C(c2ccccc2)(c2ccccc2)c2ccccc2)OC(O)[C@@]1(O)[Si](C)(C)C(C)(C)C. The summed E-state index contributed by atoms with van der Waals surface area (Å²) in [6, 6.07) is 29.4. The van der Waals surface area contributed by atoms with Crippen LogP contribution in [-0.2, 0) is 10.2 Å². The smallest absolute Gasteiger partial charge is 0.183 e. The van der Waals surface area contributed by atoms with Gasteiger partial charge in [-0.15, -0.1) is 0 Å². The molecule has 4 rings (SSSR count). The quantitative estimate of drug-likeness (QED) is 0.175. The largest absolute Gasteiger partial charge is 0.389 e. The van der Waals surface area contributed by atoms with E-state index in [-0.39, 0.29) is 0 Å². The standard InChI is InChI=1S/C36H52O5Si2/c1-32(2,3)42(7,8)35(39)30(41-31(38)36(35,40)43(9,10)33(4,5)6)29(37)34(26-20-14-11-15-21-26,27-22-16-12-17-23-27)28-24-18-13-19-25-28/h11-25,29-31,37-40H,1-10H3/t29?,30-,31?,35+,36-/m1/s1. The van der Waals surface area contributed by atoms with Crippen molar-refractivity contribution in [2.24, 2.45) is 0 Å². The van der Waals surface area contributed by atoms with E-state index in [0.717, 1.165) is 16.7 Å². The van der Waals surface area contributed by atoms with Crippen LogP contribution in [0.2, 0.25) is 36.3 Å². The van der Waals surface area contributed by atoms with Crippen molar-refractivity contribution in [2.45, 2.75) is 112 Å². The van der Waals surface area contributed by atoms with Crippen LogP contribution < -0.4 is 0 Å². The van der Waals surface area contributed by atoms with Crippen LogP contribution in [0.4, 0.5) is 0 Å². The Morgan fingerprint density at radius 2 is 0.907 bits per heavy atom. The van der Waals surface area contributed by atoms with Gasteiger partial charge in [0.2, 0.25) is 0 Å².